The van der Waals surface area contributed by atoms with Crippen molar-refractivity contribution in [1.82, 2.24) is 9.78 Å². The summed E-state index contributed by atoms with van der Waals surface area (Å²) in [5, 5.41) is 12.8. The number of rotatable bonds is 5. The molecule has 0 aliphatic carbocycles. The van der Waals surface area contributed by atoms with Crippen molar-refractivity contribution in [2.75, 3.05) is 11.5 Å². The topological polar surface area (TPSA) is 55.1 Å². The molecule has 78 valence electrons. The Morgan fingerprint density at radius 3 is 2.93 bits per heavy atom. The van der Waals surface area contributed by atoms with Crippen LogP contribution in [0.3, 0.4) is 0 Å². The van der Waals surface area contributed by atoms with Crippen LogP contribution in [-0.4, -0.2) is 32.4 Å². The SMILES string of the molecule is CCSCCn1ncc(C(=O)O)c1C. The van der Waals surface area contributed by atoms with Gasteiger partial charge >= 0.3 is 5.97 Å². The van der Waals surface area contributed by atoms with Crippen LogP contribution < -0.4 is 0 Å². The van der Waals surface area contributed by atoms with E-state index in [0.717, 1.165) is 23.7 Å². The van der Waals surface area contributed by atoms with E-state index in [-0.39, 0.29) is 0 Å². The predicted octanol–water partition coefficient (Wildman–Crippen LogP) is 1.64. The number of aryl methyl sites for hydroxylation is 1. The van der Waals surface area contributed by atoms with Crippen molar-refractivity contribution in [3.63, 3.8) is 0 Å². The highest BCUT2D eigenvalue weighted by molar-refractivity contribution is 7.99. The lowest BCUT2D eigenvalue weighted by Crippen LogP contribution is -2.06. The molecule has 5 heteroatoms. The van der Waals surface area contributed by atoms with E-state index in [1.165, 1.54) is 6.20 Å². The average Bonchev–Trinajstić information content (AvgIpc) is 2.48. The van der Waals surface area contributed by atoms with Gasteiger partial charge in [-0.15, -0.1) is 0 Å². The third kappa shape index (κ3) is 2.51. The van der Waals surface area contributed by atoms with Gasteiger partial charge in [-0.2, -0.15) is 16.9 Å². The molecule has 0 aromatic carbocycles. The van der Waals surface area contributed by atoms with E-state index in [4.69, 9.17) is 5.11 Å². The molecule has 1 aromatic rings. The van der Waals surface area contributed by atoms with Crippen LogP contribution in [-0.2, 0) is 6.54 Å². The molecule has 0 fully saturated rings. The van der Waals surface area contributed by atoms with Crippen LogP contribution in [0.2, 0.25) is 0 Å². The van der Waals surface area contributed by atoms with Crippen molar-refractivity contribution >= 4 is 17.7 Å². The minimum absolute atomic E-state index is 0.298. The second kappa shape index (κ2) is 5.05. The molecular formula is C9H14N2O2S. The van der Waals surface area contributed by atoms with Gasteiger partial charge in [-0.05, 0) is 12.7 Å². The lowest BCUT2D eigenvalue weighted by Gasteiger charge is -2.03. The summed E-state index contributed by atoms with van der Waals surface area (Å²) in [7, 11) is 0. The molecule has 0 unspecified atom stereocenters. The number of carbonyl (C=O) groups is 1. The van der Waals surface area contributed by atoms with Gasteiger partial charge in [0.1, 0.15) is 5.56 Å². The van der Waals surface area contributed by atoms with Crippen LogP contribution in [0.1, 0.15) is 23.0 Å². The third-order valence-corrected chi connectivity index (χ3v) is 2.86. The normalized spacial score (nSPS) is 10.4. The Bertz CT molecular complexity index is 323. The Balaban J connectivity index is 2.65. The summed E-state index contributed by atoms with van der Waals surface area (Å²) >= 11 is 1.82. The second-order valence-electron chi connectivity index (χ2n) is 2.87. The summed E-state index contributed by atoms with van der Waals surface area (Å²) in [4.78, 5) is 10.7. The zero-order valence-corrected chi connectivity index (χ0v) is 9.17. The molecule has 0 saturated carbocycles. The summed E-state index contributed by atoms with van der Waals surface area (Å²) in [5.74, 6) is 1.14. The molecule has 0 bridgehead atoms. The molecular weight excluding hydrogens is 200 g/mol. The minimum atomic E-state index is -0.906. The van der Waals surface area contributed by atoms with E-state index in [9.17, 15) is 4.79 Å². The molecule has 1 heterocycles. The molecule has 1 rings (SSSR count). The summed E-state index contributed by atoms with van der Waals surface area (Å²) in [6.45, 7) is 4.66. The van der Waals surface area contributed by atoms with Crippen LogP contribution in [0.5, 0.6) is 0 Å². The van der Waals surface area contributed by atoms with Crippen LogP contribution in [0.4, 0.5) is 0 Å². The van der Waals surface area contributed by atoms with E-state index in [1.54, 1.807) is 11.6 Å². The minimum Gasteiger partial charge on any atom is -0.478 e. The number of carboxylic acids is 1. The third-order valence-electron chi connectivity index (χ3n) is 1.99. The van der Waals surface area contributed by atoms with E-state index in [1.807, 2.05) is 11.8 Å². The van der Waals surface area contributed by atoms with Gasteiger partial charge in [0.25, 0.3) is 0 Å². The molecule has 0 aliphatic rings. The predicted molar refractivity (Wildman–Crippen MR) is 56.9 cm³/mol. The van der Waals surface area contributed by atoms with Gasteiger partial charge in [0.15, 0.2) is 0 Å². The maximum absolute atomic E-state index is 10.7. The Morgan fingerprint density at radius 2 is 2.43 bits per heavy atom. The van der Waals surface area contributed by atoms with Crippen molar-refractivity contribution in [3.8, 4) is 0 Å². The first-order valence-electron chi connectivity index (χ1n) is 4.50. The van der Waals surface area contributed by atoms with E-state index < -0.39 is 5.97 Å². The van der Waals surface area contributed by atoms with Crippen LogP contribution in [0.25, 0.3) is 0 Å². The van der Waals surface area contributed by atoms with E-state index in [0.29, 0.717) is 5.56 Å². The van der Waals surface area contributed by atoms with Crippen molar-refractivity contribution < 1.29 is 9.90 Å². The van der Waals surface area contributed by atoms with Crippen molar-refractivity contribution in [3.05, 3.63) is 17.5 Å². The number of carboxylic acid groups (broad SMARTS) is 1. The highest BCUT2D eigenvalue weighted by Gasteiger charge is 2.11. The van der Waals surface area contributed by atoms with Crippen molar-refractivity contribution in [2.45, 2.75) is 20.4 Å². The Labute approximate surface area is 87.3 Å². The molecule has 0 radical (unpaired) electrons. The zero-order valence-electron chi connectivity index (χ0n) is 8.36. The molecule has 1 aromatic heterocycles. The van der Waals surface area contributed by atoms with Gasteiger partial charge in [0, 0.05) is 11.4 Å². The molecule has 0 saturated heterocycles. The molecule has 0 amide bonds. The van der Waals surface area contributed by atoms with Crippen LogP contribution >= 0.6 is 11.8 Å². The molecule has 4 nitrogen and oxygen atoms in total. The van der Waals surface area contributed by atoms with Crippen LogP contribution in [0.15, 0.2) is 6.20 Å². The number of hydrogen-bond donors (Lipinski definition) is 1. The lowest BCUT2D eigenvalue weighted by molar-refractivity contribution is 0.0696. The smallest absolute Gasteiger partial charge is 0.339 e. The maximum Gasteiger partial charge on any atom is 0.339 e. The molecule has 0 spiro atoms. The maximum atomic E-state index is 10.7. The highest BCUT2D eigenvalue weighted by Crippen LogP contribution is 2.08. The van der Waals surface area contributed by atoms with Crippen LogP contribution in [0, 0.1) is 6.92 Å². The molecule has 0 atom stereocenters. The van der Waals surface area contributed by atoms with Gasteiger partial charge in [-0.1, -0.05) is 6.92 Å². The average molecular weight is 214 g/mol. The Hall–Kier alpha value is -0.970. The summed E-state index contributed by atoms with van der Waals surface area (Å²) < 4.78 is 1.74. The Kier molecular flexibility index (Phi) is 4.00. The first-order valence-corrected chi connectivity index (χ1v) is 5.65. The fourth-order valence-electron chi connectivity index (χ4n) is 1.18. The monoisotopic (exact) mass is 214 g/mol. The summed E-state index contributed by atoms with van der Waals surface area (Å²) in [5.41, 5.74) is 1.03. The standard InChI is InChI=1S/C9H14N2O2S/c1-3-14-5-4-11-7(2)8(6-10-11)9(12)13/h6H,3-5H2,1-2H3,(H,12,13). The number of thioether (sulfide) groups is 1. The largest absolute Gasteiger partial charge is 0.478 e. The first kappa shape index (κ1) is 11.1. The molecule has 0 aliphatic heterocycles. The molecule has 14 heavy (non-hydrogen) atoms. The van der Waals surface area contributed by atoms with Crippen molar-refractivity contribution in [2.24, 2.45) is 0 Å². The first-order chi connectivity index (χ1) is 6.66. The highest BCUT2D eigenvalue weighted by atomic mass is 32.2. The Morgan fingerprint density at radius 1 is 1.71 bits per heavy atom. The lowest BCUT2D eigenvalue weighted by atomic mass is 10.3. The van der Waals surface area contributed by atoms with Crippen molar-refractivity contribution in [1.29, 1.82) is 0 Å². The van der Waals surface area contributed by atoms with Gasteiger partial charge < -0.3 is 5.11 Å². The quantitative estimate of drug-likeness (QED) is 0.757. The van der Waals surface area contributed by atoms with E-state index in [2.05, 4.69) is 12.0 Å². The number of nitrogens with zero attached hydrogens (tertiary/aromatic N) is 2. The van der Waals surface area contributed by atoms with Gasteiger partial charge in [0.05, 0.1) is 12.7 Å². The number of hydrogen-bond acceptors (Lipinski definition) is 3. The molecule has 1 N–H and O–H groups in total. The number of aromatic nitrogens is 2. The second-order valence-corrected chi connectivity index (χ2v) is 4.26. The van der Waals surface area contributed by atoms with Gasteiger partial charge in [0.2, 0.25) is 0 Å². The summed E-state index contributed by atoms with van der Waals surface area (Å²) in [6, 6.07) is 0. The summed E-state index contributed by atoms with van der Waals surface area (Å²) in [6.07, 6.45) is 1.41. The van der Waals surface area contributed by atoms with E-state index >= 15 is 0 Å². The fraction of sp³-hybridized carbons (Fsp3) is 0.556. The number of aromatic carboxylic acids is 1. The van der Waals surface area contributed by atoms with Gasteiger partial charge in [-0.25, -0.2) is 4.79 Å². The fourth-order valence-corrected chi connectivity index (χ4v) is 1.77. The van der Waals surface area contributed by atoms with Gasteiger partial charge in [-0.3, -0.25) is 4.68 Å². The zero-order chi connectivity index (χ0) is 10.6.